The second-order valence-electron chi connectivity index (χ2n) is 3.90. The van der Waals surface area contributed by atoms with Gasteiger partial charge in [-0.05, 0) is 26.0 Å². The zero-order valence-corrected chi connectivity index (χ0v) is 11.8. The van der Waals surface area contributed by atoms with Crippen LogP contribution in [0.2, 0.25) is 0 Å². The van der Waals surface area contributed by atoms with Gasteiger partial charge in [0.1, 0.15) is 6.04 Å². The molecule has 0 aliphatic carbocycles. The highest BCUT2D eigenvalue weighted by Crippen LogP contribution is 2.16. The van der Waals surface area contributed by atoms with Gasteiger partial charge in [0.2, 0.25) is 10.0 Å². The first kappa shape index (κ1) is 16.1. The summed E-state index contributed by atoms with van der Waals surface area (Å²) in [6, 6.07) is 4.13. The molecular formula is C12H15NO6S. The normalized spacial score (nSPS) is 12.7. The van der Waals surface area contributed by atoms with Crippen molar-refractivity contribution in [1.29, 1.82) is 0 Å². The first-order valence-electron chi connectivity index (χ1n) is 5.81. The zero-order valence-electron chi connectivity index (χ0n) is 11.0. The SMILES string of the molecule is CCOC(=O)c1ccccc1S(=O)(=O)N[C@H](C)C(=O)O. The number of carboxylic acids is 1. The second-order valence-corrected chi connectivity index (χ2v) is 5.58. The fourth-order valence-corrected chi connectivity index (χ4v) is 2.82. The van der Waals surface area contributed by atoms with Crippen molar-refractivity contribution in [2.45, 2.75) is 24.8 Å². The summed E-state index contributed by atoms with van der Waals surface area (Å²) in [5.74, 6) is -2.10. The maximum Gasteiger partial charge on any atom is 0.339 e. The highest BCUT2D eigenvalue weighted by Gasteiger charge is 2.26. The summed E-state index contributed by atoms with van der Waals surface area (Å²) < 4.78 is 30.9. The molecule has 0 amide bonds. The van der Waals surface area contributed by atoms with Gasteiger partial charge in [-0.3, -0.25) is 4.79 Å². The number of aliphatic carboxylic acids is 1. The summed E-state index contributed by atoms with van der Waals surface area (Å²) in [6.07, 6.45) is 0. The van der Waals surface area contributed by atoms with E-state index in [4.69, 9.17) is 9.84 Å². The minimum atomic E-state index is -4.13. The number of carbonyl (C=O) groups excluding carboxylic acids is 1. The van der Waals surface area contributed by atoms with E-state index in [1.165, 1.54) is 31.2 Å². The van der Waals surface area contributed by atoms with Crippen LogP contribution in [0.25, 0.3) is 0 Å². The van der Waals surface area contributed by atoms with Crippen molar-refractivity contribution in [3.63, 3.8) is 0 Å². The maximum absolute atomic E-state index is 12.1. The Balaban J connectivity index is 3.19. The first-order valence-corrected chi connectivity index (χ1v) is 7.29. The molecule has 0 fully saturated rings. The average Bonchev–Trinajstić information content (AvgIpc) is 2.38. The molecule has 110 valence electrons. The third kappa shape index (κ3) is 3.78. The molecule has 0 heterocycles. The van der Waals surface area contributed by atoms with Crippen LogP contribution in [0.3, 0.4) is 0 Å². The molecule has 0 unspecified atom stereocenters. The van der Waals surface area contributed by atoms with Crippen LogP contribution in [0, 0.1) is 0 Å². The Bertz CT molecular complexity index is 610. The molecule has 0 saturated carbocycles. The van der Waals surface area contributed by atoms with Gasteiger partial charge in [0, 0.05) is 0 Å². The fraction of sp³-hybridized carbons (Fsp3) is 0.333. The van der Waals surface area contributed by atoms with Gasteiger partial charge in [-0.2, -0.15) is 4.72 Å². The first-order chi connectivity index (χ1) is 9.29. The van der Waals surface area contributed by atoms with Crippen molar-refractivity contribution in [2.75, 3.05) is 6.61 Å². The van der Waals surface area contributed by atoms with Gasteiger partial charge in [-0.1, -0.05) is 12.1 Å². The van der Waals surface area contributed by atoms with Crippen LogP contribution in [0.15, 0.2) is 29.2 Å². The summed E-state index contributed by atoms with van der Waals surface area (Å²) in [5, 5.41) is 8.74. The Kier molecular flexibility index (Phi) is 5.23. The molecule has 0 spiro atoms. The summed E-state index contributed by atoms with van der Waals surface area (Å²) in [7, 11) is -4.13. The van der Waals surface area contributed by atoms with E-state index in [0.29, 0.717) is 0 Å². The highest BCUT2D eigenvalue weighted by molar-refractivity contribution is 7.89. The molecule has 0 saturated heterocycles. The maximum atomic E-state index is 12.1. The van der Waals surface area contributed by atoms with Crippen LogP contribution in [-0.2, 0) is 19.6 Å². The van der Waals surface area contributed by atoms with E-state index in [1.54, 1.807) is 6.92 Å². The summed E-state index contributed by atoms with van der Waals surface area (Å²) in [5.41, 5.74) is -0.139. The van der Waals surface area contributed by atoms with Crippen molar-refractivity contribution in [2.24, 2.45) is 0 Å². The average molecular weight is 301 g/mol. The molecule has 7 nitrogen and oxygen atoms in total. The highest BCUT2D eigenvalue weighted by atomic mass is 32.2. The quantitative estimate of drug-likeness (QED) is 0.745. The smallest absolute Gasteiger partial charge is 0.339 e. The van der Waals surface area contributed by atoms with Crippen molar-refractivity contribution >= 4 is 22.0 Å². The van der Waals surface area contributed by atoms with Crippen molar-refractivity contribution < 1.29 is 27.9 Å². The number of hydrogen-bond acceptors (Lipinski definition) is 5. The van der Waals surface area contributed by atoms with Crippen LogP contribution in [0.1, 0.15) is 24.2 Å². The van der Waals surface area contributed by atoms with Crippen LogP contribution in [0.5, 0.6) is 0 Å². The summed E-state index contributed by atoms with van der Waals surface area (Å²) in [4.78, 5) is 22.1. The van der Waals surface area contributed by atoms with E-state index < -0.39 is 28.0 Å². The molecule has 1 aromatic carbocycles. The number of benzene rings is 1. The Morgan fingerprint density at radius 1 is 1.35 bits per heavy atom. The molecule has 0 aliphatic rings. The number of rotatable bonds is 6. The van der Waals surface area contributed by atoms with Gasteiger partial charge < -0.3 is 9.84 Å². The molecule has 1 rings (SSSR count). The third-order valence-corrected chi connectivity index (χ3v) is 3.97. The van der Waals surface area contributed by atoms with Crippen LogP contribution < -0.4 is 4.72 Å². The monoisotopic (exact) mass is 301 g/mol. The standard InChI is InChI=1S/C12H15NO6S/c1-3-19-12(16)9-6-4-5-7-10(9)20(17,18)13-8(2)11(14)15/h4-8,13H,3H2,1-2H3,(H,14,15)/t8-/m1/s1. The van der Waals surface area contributed by atoms with Crippen molar-refractivity contribution in [3.05, 3.63) is 29.8 Å². The third-order valence-electron chi connectivity index (χ3n) is 2.37. The largest absolute Gasteiger partial charge is 0.480 e. The molecule has 0 aromatic heterocycles. The van der Waals surface area contributed by atoms with E-state index >= 15 is 0 Å². The summed E-state index contributed by atoms with van der Waals surface area (Å²) >= 11 is 0. The van der Waals surface area contributed by atoms with E-state index in [-0.39, 0.29) is 17.1 Å². The number of carbonyl (C=O) groups is 2. The van der Waals surface area contributed by atoms with E-state index in [9.17, 15) is 18.0 Å². The lowest BCUT2D eigenvalue weighted by molar-refractivity contribution is -0.138. The second kappa shape index (κ2) is 6.49. The van der Waals surface area contributed by atoms with Gasteiger partial charge >= 0.3 is 11.9 Å². The van der Waals surface area contributed by atoms with Crippen molar-refractivity contribution in [1.82, 2.24) is 4.72 Å². The molecule has 20 heavy (non-hydrogen) atoms. The number of nitrogens with one attached hydrogen (secondary N) is 1. The van der Waals surface area contributed by atoms with Gasteiger partial charge in [-0.15, -0.1) is 0 Å². The number of esters is 1. The molecule has 1 atom stereocenters. The molecule has 0 bridgehead atoms. The van der Waals surface area contributed by atoms with E-state index in [1.807, 2.05) is 4.72 Å². The van der Waals surface area contributed by atoms with E-state index in [0.717, 1.165) is 0 Å². The number of ether oxygens (including phenoxy) is 1. The lowest BCUT2D eigenvalue weighted by Gasteiger charge is -2.13. The minimum absolute atomic E-state index is 0.103. The van der Waals surface area contributed by atoms with Crippen LogP contribution >= 0.6 is 0 Å². The molecule has 0 radical (unpaired) electrons. The lowest BCUT2D eigenvalue weighted by Crippen LogP contribution is -2.38. The Labute approximate surface area is 116 Å². The minimum Gasteiger partial charge on any atom is -0.480 e. The van der Waals surface area contributed by atoms with Gasteiger partial charge in [0.05, 0.1) is 17.1 Å². The molecule has 1 aromatic rings. The Hall–Kier alpha value is -1.93. The van der Waals surface area contributed by atoms with Gasteiger partial charge in [-0.25, -0.2) is 13.2 Å². The van der Waals surface area contributed by atoms with Crippen molar-refractivity contribution in [3.8, 4) is 0 Å². The van der Waals surface area contributed by atoms with Gasteiger partial charge in [0.15, 0.2) is 0 Å². The number of carboxylic acid groups (broad SMARTS) is 1. The molecule has 0 aliphatic heterocycles. The predicted molar refractivity (Wildman–Crippen MR) is 69.8 cm³/mol. The fourth-order valence-electron chi connectivity index (χ4n) is 1.43. The van der Waals surface area contributed by atoms with E-state index in [2.05, 4.69) is 0 Å². The molecule has 8 heteroatoms. The van der Waals surface area contributed by atoms with Crippen LogP contribution in [0.4, 0.5) is 0 Å². The number of hydrogen-bond donors (Lipinski definition) is 2. The topological polar surface area (TPSA) is 110 Å². The predicted octanol–water partition coefficient (Wildman–Crippen LogP) is 0.615. The Morgan fingerprint density at radius 3 is 2.50 bits per heavy atom. The zero-order chi connectivity index (χ0) is 15.3. The molecular weight excluding hydrogens is 286 g/mol. The lowest BCUT2D eigenvalue weighted by atomic mass is 10.2. The summed E-state index contributed by atoms with van der Waals surface area (Å²) in [6.45, 7) is 2.89. The Morgan fingerprint density at radius 2 is 1.95 bits per heavy atom. The van der Waals surface area contributed by atoms with Crippen LogP contribution in [-0.4, -0.2) is 38.1 Å². The molecule has 2 N–H and O–H groups in total. The van der Waals surface area contributed by atoms with Gasteiger partial charge in [0.25, 0.3) is 0 Å². The number of sulfonamides is 1.